The topological polar surface area (TPSA) is 206 Å². The molecule has 0 aromatic heterocycles. The van der Waals surface area contributed by atoms with E-state index in [2.05, 4.69) is 0 Å². The van der Waals surface area contributed by atoms with Gasteiger partial charge in [-0.1, -0.05) is 6.92 Å². The van der Waals surface area contributed by atoms with Crippen LogP contribution in [0.25, 0.3) is 0 Å². The first-order valence-electron chi connectivity index (χ1n) is 7.99. The van der Waals surface area contributed by atoms with Gasteiger partial charge in [0.2, 0.25) is 0 Å². The standard InChI is InChI=1S/C14H31NO10/c1-2-15(3-7(18)11(22)13(24)9(20)5-16)4-8(19)12(23)14(25)10(21)6-17/h7-14,16-25H,2-6H2,1H3/t7-,8-,9+,10+,11+,12+,13+,14+/m0/s1. The number of aliphatic hydroxyl groups is 10. The third kappa shape index (κ3) is 7.76. The van der Waals surface area contributed by atoms with Crippen LogP contribution in [0.2, 0.25) is 0 Å². The SMILES string of the molecule is CCN(C[C@H](O)[C@@H](O)[C@H](O)[C@H](O)CO)C[C@H](O)[C@@H](O)[C@H](O)[C@H](O)CO. The number of rotatable bonds is 13. The van der Waals surface area contributed by atoms with E-state index in [1.54, 1.807) is 6.92 Å². The fourth-order valence-corrected chi connectivity index (χ4v) is 2.20. The summed E-state index contributed by atoms with van der Waals surface area (Å²) in [6.45, 7) is -0.220. The van der Waals surface area contributed by atoms with E-state index in [1.165, 1.54) is 4.90 Å². The van der Waals surface area contributed by atoms with Crippen molar-refractivity contribution in [1.82, 2.24) is 4.90 Å². The lowest BCUT2D eigenvalue weighted by molar-refractivity contribution is -0.130. The highest BCUT2D eigenvalue weighted by molar-refractivity contribution is 4.85. The lowest BCUT2D eigenvalue weighted by atomic mass is 10.0. The Labute approximate surface area is 145 Å². The molecule has 0 aliphatic rings. The third-order valence-corrected chi connectivity index (χ3v) is 3.99. The fourth-order valence-electron chi connectivity index (χ4n) is 2.20. The molecule has 0 spiro atoms. The first kappa shape index (κ1) is 24.6. The van der Waals surface area contributed by atoms with E-state index < -0.39 is 62.0 Å². The summed E-state index contributed by atoms with van der Waals surface area (Å²) in [6.07, 6.45) is -13.4. The molecule has 0 amide bonds. The highest BCUT2D eigenvalue weighted by Gasteiger charge is 2.33. The number of nitrogens with zero attached hydrogens (tertiary/aromatic N) is 1. The van der Waals surface area contributed by atoms with Gasteiger partial charge < -0.3 is 51.1 Å². The molecule has 0 radical (unpaired) electrons. The van der Waals surface area contributed by atoms with Crippen LogP contribution in [0.4, 0.5) is 0 Å². The van der Waals surface area contributed by atoms with Gasteiger partial charge in [-0.3, -0.25) is 4.90 Å². The van der Waals surface area contributed by atoms with Crippen molar-refractivity contribution in [1.29, 1.82) is 0 Å². The minimum atomic E-state index is -1.78. The smallest absolute Gasteiger partial charge is 0.111 e. The van der Waals surface area contributed by atoms with Crippen molar-refractivity contribution in [3.63, 3.8) is 0 Å². The van der Waals surface area contributed by atoms with Gasteiger partial charge in [-0.25, -0.2) is 0 Å². The van der Waals surface area contributed by atoms with Crippen molar-refractivity contribution in [2.24, 2.45) is 0 Å². The Bertz CT molecular complexity index is 320. The highest BCUT2D eigenvalue weighted by atomic mass is 16.4. The molecule has 0 unspecified atom stereocenters. The Morgan fingerprint density at radius 1 is 0.560 bits per heavy atom. The quantitative estimate of drug-likeness (QED) is 0.147. The van der Waals surface area contributed by atoms with Gasteiger partial charge in [-0.15, -0.1) is 0 Å². The average Bonchev–Trinajstić information content (AvgIpc) is 2.62. The summed E-state index contributed by atoms with van der Waals surface area (Å²) in [5.74, 6) is 0. The van der Waals surface area contributed by atoms with Crippen LogP contribution in [0.15, 0.2) is 0 Å². The zero-order valence-electron chi connectivity index (χ0n) is 14.1. The molecule has 0 aromatic rings. The zero-order chi connectivity index (χ0) is 19.7. The number of likely N-dealkylation sites (N-methyl/N-ethyl adjacent to an activating group) is 1. The molecule has 0 bridgehead atoms. The van der Waals surface area contributed by atoms with Gasteiger partial charge >= 0.3 is 0 Å². The largest absolute Gasteiger partial charge is 0.394 e. The van der Waals surface area contributed by atoms with Crippen molar-refractivity contribution < 1.29 is 51.1 Å². The second kappa shape index (κ2) is 12.0. The van der Waals surface area contributed by atoms with Crippen molar-refractivity contribution in [2.45, 2.75) is 55.8 Å². The molecule has 0 rings (SSSR count). The predicted molar refractivity (Wildman–Crippen MR) is 84.3 cm³/mol. The first-order chi connectivity index (χ1) is 11.6. The monoisotopic (exact) mass is 373 g/mol. The Morgan fingerprint density at radius 2 is 0.840 bits per heavy atom. The summed E-state index contributed by atoms with van der Waals surface area (Å²) >= 11 is 0. The molecule has 25 heavy (non-hydrogen) atoms. The molecule has 11 nitrogen and oxygen atoms in total. The van der Waals surface area contributed by atoms with Gasteiger partial charge in [0.15, 0.2) is 0 Å². The van der Waals surface area contributed by atoms with Crippen molar-refractivity contribution >= 4 is 0 Å². The molecule has 8 atom stereocenters. The molecule has 152 valence electrons. The second-order valence-electron chi connectivity index (χ2n) is 5.95. The summed E-state index contributed by atoms with van der Waals surface area (Å²) in [6, 6.07) is 0. The van der Waals surface area contributed by atoms with Crippen LogP contribution in [-0.2, 0) is 0 Å². The maximum absolute atomic E-state index is 9.91. The molecule has 10 N–H and O–H groups in total. The molecule has 0 saturated heterocycles. The van der Waals surface area contributed by atoms with Crippen molar-refractivity contribution in [3.8, 4) is 0 Å². The highest BCUT2D eigenvalue weighted by Crippen LogP contribution is 2.10. The number of hydrogen-bond donors (Lipinski definition) is 10. The number of aliphatic hydroxyl groups excluding tert-OH is 10. The third-order valence-electron chi connectivity index (χ3n) is 3.99. The molecule has 0 heterocycles. The van der Waals surface area contributed by atoms with Crippen LogP contribution in [0.3, 0.4) is 0 Å². The fraction of sp³-hybridized carbons (Fsp3) is 1.00. The van der Waals surface area contributed by atoms with Crippen LogP contribution in [-0.4, -0.2) is 138 Å². The molecule has 0 saturated carbocycles. The summed E-state index contributed by atoms with van der Waals surface area (Å²) in [5, 5.41) is 94.4. The molecule has 0 fully saturated rings. The zero-order valence-corrected chi connectivity index (χ0v) is 14.1. The average molecular weight is 373 g/mol. The molecule has 11 heteroatoms. The Hall–Kier alpha value is -0.440. The summed E-state index contributed by atoms with van der Waals surface area (Å²) in [4.78, 5) is 1.39. The van der Waals surface area contributed by atoms with Crippen LogP contribution < -0.4 is 0 Å². The van der Waals surface area contributed by atoms with Gasteiger partial charge in [0.05, 0.1) is 25.4 Å². The number of hydrogen-bond acceptors (Lipinski definition) is 11. The van der Waals surface area contributed by atoms with E-state index >= 15 is 0 Å². The predicted octanol–water partition coefficient (Wildman–Crippen LogP) is -5.82. The van der Waals surface area contributed by atoms with Gasteiger partial charge in [0, 0.05) is 13.1 Å². The van der Waals surface area contributed by atoms with Crippen LogP contribution in [0.1, 0.15) is 6.92 Å². The van der Waals surface area contributed by atoms with Crippen molar-refractivity contribution in [2.75, 3.05) is 32.8 Å². The summed E-state index contributed by atoms with van der Waals surface area (Å²) in [7, 11) is 0. The van der Waals surface area contributed by atoms with Crippen LogP contribution >= 0.6 is 0 Å². The summed E-state index contributed by atoms with van der Waals surface area (Å²) < 4.78 is 0. The first-order valence-corrected chi connectivity index (χ1v) is 7.99. The van der Waals surface area contributed by atoms with E-state index in [0.717, 1.165) is 0 Å². The van der Waals surface area contributed by atoms with Gasteiger partial charge in [-0.2, -0.15) is 0 Å². The van der Waals surface area contributed by atoms with Gasteiger partial charge in [0.1, 0.15) is 36.6 Å². The lowest BCUT2D eigenvalue weighted by Crippen LogP contribution is -2.53. The molecule has 0 aliphatic heterocycles. The second-order valence-corrected chi connectivity index (χ2v) is 5.95. The Morgan fingerprint density at radius 3 is 1.08 bits per heavy atom. The van der Waals surface area contributed by atoms with Crippen LogP contribution in [0.5, 0.6) is 0 Å². The summed E-state index contributed by atoms with van der Waals surface area (Å²) in [5.41, 5.74) is 0. The Kier molecular flexibility index (Phi) is 11.8. The maximum Gasteiger partial charge on any atom is 0.111 e. The van der Waals surface area contributed by atoms with Crippen molar-refractivity contribution in [3.05, 3.63) is 0 Å². The lowest BCUT2D eigenvalue weighted by Gasteiger charge is -2.32. The minimum Gasteiger partial charge on any atom is -0.394 e. The normalized spacial score (nSPS) is 22.1. The minimum absolute atomic E-state index is 0.255. The molecular formula is C14H31NO10. The van der Waals surface area contributed by atoms with Gasteiger partial charge in [0.25, 0.3) is 0 Å². The van der Waals surface area contributed by atoms with E-state index in [1.807, 2.05) is 0 Å². The van der Waals surface area contributed by atoms with E-state index in [4.69, 9.17) is 10.2 Å². The molecule has 0 aromatic carbocycles. The van der Waals surface area contributed by atoms with Gasteiger partial charge in [-0.05, 0) is 6.54 Å². The Balaban J connectivity index is 4.68. The maximum atomic E-state index is 9.91. The van der Waals surface area contributed by atoms with E-state index in [0.29, 0.717) is 0 Å². The molecular weight excluding hydrogens is 342 g/mol. The van der Waals surface area contributed by atoms with E-state index in [-0.39, 0.29) is 19.6 Å². The van der Waals surface area contributed by atoms with E-state index in [9.17, 15) is 40.9 Å². The van der Waals surface area contributed by atoms with Crippen LogP contribution in [0, 0.1) is 0 Å². The molecule has 0 aliphatic carbocycles.